The maximum atomic E-state index is 11.1. The third-order valence-electron chi connectivity index (χ3n) is 5.53. The molecule has 28 heavy (non-hydrogen) atoms. The van der Waals surface area contributed by atoms with Crippen molar-refractivity contribution in [1.82, 2.24) is 4.90 Å². The molecule has 1 fully saturated rings. The van der Waals surface area contributed by atoms with Crippen LogP contribution in [0.2, 0.25) is 0 Å². The Hall–Kier alpha value is -2.56. The minimum absolute atomic E-state index is 0.197. The minimum Gasteiger partial charge on any atom is -0.507 e. The topological polar surface area (TPSA) is 56.8 Å². The number of phenolic OH excluding ortho intramolecular Hbond substituents is 1. The van der Waals surface area contributed by atoms with Gasteiger partial charge in [-0.05, 0) is 61.6 Å². The molecule has 1 saturated heterocycles. The Morgan fingerprint density at radius 2 is 1.96 bits per heavy atom. The second-order valence-electron chi connectivity index (χ2n) is 7.76. The normalized spacial score (nSPS) is 15.9. The highest BCUT2D eigenvalue weighted by Gasteiger charge is 2.20. The van der Waals surface area contributed by atoms with E-state index in [9.17, 15) is 10.2 Å². The van der Waals surface area contributed by atoms with E-state index in [0.717, 1.165) is 71.3 Å². The molecule has 2 aromatic carbocycles. The number of phenols is 1. The number of piperidine rings is 1. The number of fused-ring (bicyclic) bond motifs is 1. The van der Waals surface area contributed by atoms with E-state index in [1.807, 2.05) is 31.2 Å². The number of aromatic hydroxyl groups is 1. The average Bonchev–Trinajstić information content (AvgIpc) is 3.05. The summed E-state index contributed by atoms with van der Waals surface area (Å²) in [5, 5.41) is 21.9. The largest absolute Gasteiger partial charge is 0.507 e. The lowest BCUT2D eigenvalue weighted by atomic mass is 9.95. The van der Waals surface area contributed by atoms with Gasteiger partial charge in [0.2, 0.25) is 0 Å². The Morgan fingerprint density at radius 1 is 1.18 bits per heavy atom. The summed E-state index contributed by atoms with van der Waals surface area (Å²) in [5.74, 6) is 1.21. The zero-order chi connectivity index (χ0) is 19.7. The highest BCUT2D eigenvalue weighted by molar-refractivity contribution is 5.86. The molecule has 4 heteroatoms. The molecule has 4 nitrogen and oxygen atoms in total. The molecule has 1 aliphatic rings. The zero-order valence-electron chi connectivity index (χ0n) is 16.3. The summed E-state index contributed by atoms with van der Waals surface area (Å²) in [6, 6.07) is 12.2. The number of hydrogen-bond acceptors (Lipinski definition) is 4. The molecular formula is C24H27NO3. The van der Waals surface area contributed by atoms with E-state index < -0.39 is 0 Å². The molecule has 0 spiro atoms. The number of furan rings is 1. The van der Waals surface area contributed by atoms with Crippen LogP contribution >= 0.6 is 0 Å². The molecule has 0 saturated carbocycles. The number of nitrogens with zero attached hydrogens (tertiary/aromatic N) is 1. The standard InChI is InChI=1S/C24H27NO3/c1-3-4-17-12-20(15-25-9-7-21(26)8-10-25)24(27)22(13-17)18-5-6-23-19(14-18)11-16(2)28-23/h3,5-6,11-14,21,26-27H,1,4,7-10,15H2,2H3. The van der Waals surface area contributed by atoms with Crippen molar-refractivity contribution < 1.29 is 14.6 Å². The van der Waals surface area contributed by atoms with E-state index in [-0.39, 0.29) is 6.10 Å². The van der Waals surface area contributed by atoms with E-state index in [0.29, 0.717) is 12.3 Å². The molecule has 4 rings (SSSR count). The summed E-state index contributed by atoms with van der Waals surface area (Å²) in [4.78, 5) is 2.30. The lowest BCUT2D eigenvalue weighted by Gasteiger charge is -2.30. The predicted octanol–water partition coefficient (Wildman–Crippen LogP) is 4.80. The number of likely N-dealkylation sites (tertiary alicyclic amines) is 1. The first kappa shape index (κ1) is 18.8. The molecule has 0 bridgehead atoms. The van der Waals surface area contributed by atoms with Crippen LogP contribution in [-0.2, 0) is 13.0 Å². The van der Waals surface area contributed by atoms with Gasteiger partial charge < -0.3 is 14.6 Å². The molecular weight excluding hydrogens is 350 g/mol. The summed E-state index contributed by atoms with van der Waals surface area (Å²) in [6.07, 6.45) is 4.02. The fourth-order valence-electron chi connectivity index (χ4n) is 4.05. The van der Waals surface area contributed by atoms with Crippen LogP contribution in [0.5, 0.6) is 5.75 Å². The van der Waals surface area contributed by atoms with E-state index in [4.69, 9.17) is 4.42 Å². The van der Waals surface area contributed by atoms with Gasteiger partial charge in [0.05, 0.1) is 6.10 Å². The SMILES string of the molecule is C=CCc1cc(CN2CCC(O)CC2)c(O)c(-c2ccc3oc(C)cc3c2)c1. The van der Waals surface area contributed by atoms with Crippen LogP contribution in [-0.4, -0.2) is 34.3 Å². The van der Waals surface area contributed by atoms with E-state index in [2.05, 4.69) is 29.7 Å². The molecule has 0 radical (unpaired) electrons. The fraction of sp³-hybridized carbons (Fsp3) is 0.333. The van der Waals surface area contributed by atoms with Crippen molar-refractivity contribution in [1.29, 1.82) is 0 Å². The van der Waals surface area contributed by atoms with E-state index in [1.165, 1.54) is 0 Å². The Labute approximate surface area is 165 Å². The predicted molar refractivity (Wildman–Crippen MR) is 112 cm³/mol. The number of rotatable bonds is 5. The van der Waals surface area contributed by atoms with E-state index >= 15 is 0 Å². The summed E-state index contributed by atoms with van der Waals surface area (Å²) in [6.45, 7) is 8.19. The molecule has 0 amide bonds. The molecule has 0 unspecified atom stereocenters. The second kappa shape index (κ2) is 7.82. The summed E-state index contributed by atoms with van der Waals surface area (Å²) >= 11 is 0. The van der Waals surface area contributed by atoms with Crippen LogP contribution in [0.3, 0.4) is 0 Å². The molecule has 0 aliphatic carbocycles. The van der Waals surface area contributed by atoms with Crippen LogP contribution in [0.4, 0.5) is 0 Å². The van der Waals surface area contributed by atoms with Crippen molar-refractivity contribution >= 4 is 11.0 Å². The highest BCUT2D eigenvalue weighted by atomic mass is 16.3. The first-order valence-electron chi connectivity index (χ1n) is 9.90. The van der Waals surface area contributed by atoms with Crippen LogP contribution in [0.15, 0.2) is 53.5 Å². The van der Waals surface area contributed by atoms with Crippen molar-refractivity contribution in [2.75, 3.05) is 13.1 Å². The molecule has 146 valence electrons. The van der Waals surface area contributed by atoms with Crippen molar-refractivity contribution in [3.63, 3.8) is 0 Å². The minimum atomic E-state index is -0.197. The van der Waals surface area contributed by atoms with Crippen molar-refractivity contribution in [3.8, 4) is 16.9 Å². The van der Waals surface area contributed by atoms with Gasteiger partial charge in [0, 0.05) is 36.1 Å². The number of benzene rings is 2. The highest BCUT2D eigenvalue weighted by Crippen LogP contribution is 2.36. The third-order valence-corrected chi connectivity index (χ3v) is 5.53. The third kappa shape index (κ3) is 3.84. The Kier molecular flexibility index (Phi) is 5.25. The maximum absolute atomic E-state index is 11.1. The zero-order valence-corrected chi connectivity index (χ0v) is 16.3. The molecule has 2 heterocycles. The van der Waals surface area contributed by atoms with Crippen LogP contribution < -0.4 is 0 Å². The molecule has 2 N–H and O–H groups in total. The van der Waals surface area contributed by atoms with Crippen LogP contribution in [0.25, 0.3) is 22.1 Å². The van der Waals surface area contributed by atoms with Gasteiger partial charge in [-0.2, -0.15) is 0 Å². The Morgan fingerprint density at radius 3 is 2.71 bits per heavy atom. The van der Waals surface area contributed by atoms with Gasteiger partial charge in [0.1, 0.15) is 17.1 Å². The lowest BCUT2D eigenvalue weighted by molar-refractivity contribution is 0.0789. The first-order valence-corrected chi connectivity index (χ1v) is 9.90. The van der Waals surface area contributed by atoms with Gasteiger partial charge in [-0.3, -0.25) is 4.90 Å². The van der Waals surface area contributed by atoms with Crippen molar-refractivity contribution in [2.45, 2.75) is 38.8 Å². The first-order chi connectivity index (χ1) is 13.5. The smallest absolute Gasteiger partial charge is 0.134 e. The van der Waals surface area contributed by atoms with Gasteiger partial charge in [0.15, 0.2) is 0 Å². The molecule has 1 aromatic heterocycles. The maximum Gasteiger partial charge on any atom is 0.134 e. The summed E-state index contributed by atoms with van der Waals surface area (Å²) < 4.78 is 5.68. The lowest BCUT2D eigenvalue weighted by Crippen LogP contribution is -2.35. The van der Waals surface area contributed by atoms with Crippen LogP contribution in [0.1, 0.15) is 29.7 Å². The van der Waals surface area contributed by atoms with E-state index in [1.54, 1.807) is 0 Å². The number of aliphatic hydroxyl groups excluding tert-OH is 1. The second-order valence-corrected chi connectivity index (χ2v) is 7.76. The van der Waals surface area contributed by atoms with Crippen molar-refractivity contribution in [3.05, 3.63) is 65.9 Å². The number of hydrogen-bond donors (Lipinski definition) is 2. The van der Waals surface area contributed by atoms with Crippen molar-refractivity contribution in [2.24, 2.45) is 0 Å². The van der Waals surface area contributed by atoms with Gasteiger partial charge in [-0.25, -0.2) is 0 Å². The molecule has 0 atom stereocenters. The molecule has 3 aromatic rings. The average molecular weight is 377 g/mol. The Bertz CT molecular complexity index is 996. The summed E-state index contributed by atoms with van der Waals surface area (Å²) in [5.41, 5.74) is 4.74. The summed E-state index contributed by atoms with van der Waals surface area (Å²) in [7, 11) is 0. The van der Waals surface area contributed by atoms with Crippen LogP contribution in [0, 0.1) is 6.92 Å². The molecule has 1 aliphatic heterocycles. The quantitative estimate of drug-likeness (QED) is 0.627. The fourth-order valence-corrected chi connectivity index (χ4v) is 4.05. The number of allylic oxidation sites excluding steroid dienone is 1. The monoisotopic (exact) mass is 377 g/mol. The van der Waals surface area contributed by atoms with Gasteiger partial charge in [-0.1, -0.05) is 18.2 Å². The van der Waals surface area contributed by atoms with Gasteiger partial charge in [0.25, 0.3) is 0 Å². The Balaban J connectivity index is 1.72. The number of aryl methyl sites for hydroxylation is 1. The van der Waals surface area contributed by atoms with Gasteiger partial charge >= 0.3 is 0 Å². The van der Waals surface area contributed by atoms with Gasteiger partial charge in [-0.15, -0.1) is 6.58 Å². The number of aliphatic hydroxyl groups is 1.